The Morgan fingerprint density at radius 3 is 2.62 bits per heavy atom. The van der Waals surface area contributed by atoms with Crippen LogP contribution < -0.4 is 10.5 Å². The molecule has 13 heavy (non-hydrogen) atoms. The fourth-order valence-corrected chi connectivity index (χ4v) is 1.60. The van der Waals surface area contributed by atoms with Gasteiger partial charge in [-0.1, -0.05) is 23.7 Å². The van der Waals surface area contributed by atoms with E-state index in [0.717, 1.165) is 18.6 Å². The van der Waals surface area contributed by atoms with Crippen molar-refractivity contribution in [3.05, 3.63) is 29.3 Å². The number of halogens is 1. The lowest BCUT2D eigenvalue weighted by Crippen LogP contribution is -2.43. The number of rotatable bonds is 2. The summed E-state index contributed by atoms with van der Waals surface area (Å²) in [6.07, 6.45) is 2.13. The maximum absolute atomic E-state index is 5.93. The summed E-state index contributed by atoms with van der Waals surface area (Å²) in [6.45, 7) is 0. The first-order chi connectivity index (χ1) is 6.25. The van der Waals surface area contributed by atoms with Crippen molar-refractivity contribution in [2.45, 2.75) is 25.0 Å². The Morgan fingerprint density at radius 2 is 2.00 bits per heavy atom. The largest absolute Gasteiger partial charge is 0.489 e. The molecule has 0 spiro atoms. The Labute approximate surface area is 82.6 Å². The fraction of sp³-hybridized carbons (Fsp3) is 0.400. The Morgan fingerprint density at radius 1 is 1.31 bits per heavy atom. The molecular formula is C10H12ClNO. The second kappa shape index (κ2) is 3.56. The van der Waals surface area contributed by atoms with Gasteiger partial charge in [0.1, 0.15) is 11.9 Å². The van der Waals surface area contributed by atoms with Crippen LogP contribution in [0.25, 0.3) is 0 Å². The van der Waals surface area contributed by atoms with E-state index in [1.807, 2.05) is 24.3 Å². The maximum atomic E-state index is 5.93. The standard InChI is InChI=1S/C10H12ClNO/c11-9-3-1-2-4-10(9)13-8-5-7(12)6-8/h1-4,7-8H,5-6,12H2. The molecule has 1 aliphatic rings. The third-order valence-corrected chi connectivity index (χ3v) is 2.57. The molecule has 1 aromatic carbocycles. The van der Waals surface area contributed by atoms with Crippen molar-refractivity contribution >= 4 is 11.6 Å². The molecule has 1 aliphatic carbocycles. The van der Waals surface area contributed by atoms with Crippen LogP contribution in [0.4, 0.5) is 0 Å². The fourth-order valence-electron chi connectivity index (χ4n) is 1.42. The molecular weight excluding hydrogens is 186 g/mol. The number of ether oxygens (including phenoxy) is 1. The Balaban J connectivity index is 1.98. The van der Waals surface area contributed by atoms with E-state index < -0.39 is 0 Å². The van der Waals surface area contributed by atoms with Crippen molar-refractivity contribution < 1.29 is 4.74 Å². The van der Waals surface area contributed by atoms with Crippen LogP contribution in [-0.2, 0) is 0 Å². The average molecular weight is 198 g/mol. The molecule has 2 N–H and O–H groups in total. The SMILES string of the molecule is NC1CC(Oc2ccccc2Cl)C1. The zero-order chi connectivity index (χ0) is 9.26. The highest BCUT2D eigenvalue weighted by molar-refractivity contribution is 6.32. The van der Waals surface area contributed by atoms with Crippen LogP contribution in [0.1, 0.15) is 12.8 Å². The molecule has 0 bridgehead atoms. The molecule has 0 radical (unpaired) electrons. The molecule has 2 rings (SSSR count). The van der Waals surface area contributed by atoms with Crippen molar-refractivity contribution in [3.63, 3.8) is 0 Å². The van der Waals surface area contributed by atoms with Crippen molar-refractivity contribution in [1.29, 1.82) is 0 Å². The van der Waals surface area contributed by atoms with E-state index in [2.05, 4.69) is 0 Å². The van der Waals surface area contributed by atoms with E-state index in [1.165, 1.54) is 0 Å². The van der Waals surface area contributed by atoms with Crippen LogP contribution in [0.2, 0.25) is 5.02 Å². The van der Waals surface area contributed by atoms with Gasteiger partial charge in [0.2, 0.25) is 0 Å². The van der Waals surface area contributed by atoms with Crippen molar-refractivity contribution in [1.82, 2.24) is 0 Å². The van der Waals surface area contributed by atoms with Crippen molar-refractivity contribution in [3.8, 4) is 5.75 Å². The maximum Gasteiger partial charge on any atom is 0.138 e. The summed E-state index contributed by atoms with van der Waals surface area (Å²) < 4.78 is 5.64. The van der Waals surface area contributed by atoms with Gasteiger partial charge >= 0.3 is 0 Å². The molecule has 1 saturated carbocycles. The highest BCUT2D eigenvalue weighted by atomic mass is 35.5. The highest BCUT2D eigenvalue weighted by Crippen LogP contribution is 2.29. The van der Waals surface area contributed by atoms with E-state index in [4.69, 9.17) is 22.1 Å². The quantitative estimate of drug-likeness (QED) is 0.789. The average Bonchev–Trinajstić information content (AvgIpc) is 2.06. The summed E-state index contributed by atoms with van der Waals surface area (Å²) in [5.74, 6) is 0.765. The van der Waals surface area contributed by atoms with E-state index in [-0.39, 0.29) is 6.10 Å². The molecule has 0 aliphatic heterocycles. The van der Waals surface area contributed by atoms with Gasteiger partial charge < -0.3 is 10.5 Å². The minimum absolute atomic E-state index is 0.259. The monoisotopic (exact) mass is 197 g/mol. The number of hydrogen-bond acceptors (Lipinski definition) is 2. The van der Waals surface area contributed by atoms with Crippen molar-refractivity contribution in [2.75, 3.05) is 0 Å². The number of nitrogens with two attached hydrogens (primary N) is 1. The molecule has 2 nitrogen and oxygen atoms in total. The van der Waals surface area contributed by atoms with Gasteiger partial charge in [-0.15, -0.1) is 0 Å². The van der Waals surface area contributed by atoms with Crippen molar-refractivity contribution in [2.24, 2.45) is 5.73 Å². The van der Waals surface area contributed by atoms with Gasteiger partial charge in [0, 0.05) is 6.04 Å². The van der Waals surface area contributed by atoms with Gasteiger partial charge in [-0.3, -0.25) is 0 Å². The van der Waals surface area contributed by atoms with E-state index in [0.29, 0.717) is 11.1 Å². The highest BCUT2D eigenvalue weighted by Gasteiger charge is 2.27. The third kappa shape index (κ3) is 1.95. The Kier molecular flexibility index (Phi) is 2.42. The first-order valence-corrected chi connectivity index (χ1v) is 4.80. The summed E-state index contributed by atoms with van der Waals surface area (Å²) in [5.41, 5.74) is 5.65. The summed E-state index contributed by atoms with van der Waals surface area (Å²) in [5, 5.41) is 0.669. The first kappa shape index (κ1) is 8.85. The van der Waals surface area contributed by atoms with Crippen LogP contribution in [0.3, 0.4) is 0 Å². The predicted molar refractivity (Wildman–Crippen MR) is 53.1 cm³/mol. The van der Waals surface area contributed by atoms with Crippen LogP contribution in [0, 0.1) is 0 Å². The topological polar surface area (TPSA) is 35.2 Å². The first-order valence-electron chi connectivity index (χ1n) is 4.42. The number of hydrogen-bond donors (Lipinski definition) is 1. The molecule has 3 heteroatoms. The predicted octanol–water partition coefficient (Wildman–Crippen LogP) is 2.21. The summed E-state index contributed by atoms with van der Waals surface area (Å²) >= 11 is 5.93. The Bertz CT molecular complexity index is 297. The lowest BCUT2D eigenvalue weighted by molar-refractivity contribution is 0.101. The van der Waals surface area contributed by atoms with Crippen LogP contribution in [-0.4, -0.2) is 12.1 Å². The normalized spacial score (nSPS) is 26.6. The van der Waals surface area contributed by atoms with Gasteiger partial charge in [-0.25, -0.2) is 0 Å². The third-order valence-electron chi connectivity index (χ3n) is 2.26. The number of benzene rings is 1. The number of para-hydroxylation sites is 1. The molecule has 0 unspecified atom stereocenters. The zero-order valence-corrected chi connectivity index (χ0v) is 8.00. The molecule has 0 aromatic heterocycles. The van der Waals surface area contributed by atoms with Gasteiger partial charge in [0.05, 0.1) is 5.02 Å². The second-order valence-corrected chi connectivity index (χ2v) is 3.81. The Hall–Kier alpha value is -0.730. The van der Waals surface area contributed by atoms with E-state index in [1.54, 1.807) is 0 Å². The molecule has 0 atom stereocenters. The summed E-state index contributed by atoms with van der Waals surface area (Å²) in [6, 6.07) is 7.83. The zero-order valence-electron chi connectivity index (χ0n) is 7.24. The molecule has 0 amide bonds. The minimum atomic E-state index is 0.259. The van der Waals surface area contributed by atoms with Gasteiger partial charge in [-0.05, 0) is 25.0 Å². The van der Waals surface area contributed by atoms with Gasteiger partial charge in [-0.2, -0.15) is 0 Å². The van der Waals surface area contributed by atoms with Crippen LogP contribution in [0.5, 0.6) is 5.75 Å². The van der Waals surface area contributed by atoms with Crippen LogP contribution in [0.15, 0.2) is 24.3 Å². The summed E-state index contributed by atoms with van der Waals surface area (Å²) in [4.78, 5) is 0. The molecule has 0 saturated heterocycles. The molecule has 0 heterocycles. The van der Waals surface area contributed by atoms with E-state index in [9.17, 15) is 0 Å². The van der Waals surface area contributed by atoms with E-state index >= 15 is 0 Å². The smallest absolute Gasteiger partial charge is 0.138 e. The van der Waals surface area contributed by atoms with Crippen LogP contribution >= 0.6 is 11.6 Å². The molecule has 70 valence electrons. The lowest BCUT2D eigenvalue weighted by Gasteiger charge is -2.32. The summed E-state index contributed by atoms with van der Waals surface area (Å²) in [7, 11) is 0. The second-order valence-electron chi connectivity index (χ2n) is 3.40. The van der Waals surface area contributed by atoms with Gasteiger partial charge in [0.15, 0.2) is 0 Å². The molecule has 1 aromatic rings. The minimum Gasteiger partial charge on any atom is -0.489 e. The lowest BCUT2D eigenvalue weighted by atomic mass is 9.90. The molecule has 1 fully saturated rings. The van der Waals surface area contributed by atoms with Gasteiger partial charge in [0.25, 0.3) is 0 Å².